The molecule has 0 aliphatic carbocycles. The number of hydrogen-bond acceptors (Lipinski definition) is 4. The summed E-state index contributed by atoms with van der Waals surface area (Å²) in [5.41, 5.74) is 11.7. The summed E-state index contributed by atoms with van der Waals surface area (Å²) in [5.74, 6) is 0.965. The molecule has 0 unspecified atom stereocenters. The number of benzene rings is 9. The first-order valence-electron chi connectivity index (χ1n) is 22.5. The molecule has 12 aromatic rings. The Hall–Kier alpha value is -8.41. The second-order valence-electron chi connectivity index (χ2n) is 15.3. The van der Waals surface area contributed by atoms with Gasteiger partial charge in [-0.15, -0.1) is 0 Å². The molecule has 0 saturated carbocycles. The van der Waals surface area contributed by atoms with Gasteiger partial charge in [-0.25, -0.2) is 4.98 Å². The minimum Gasteiger partial charge on any atom is -0.456 e. The molecule has 5 heteroatoms. The van der Waals surface area contributed by atoms with Gasteiger partial charge < -0.3 is 4.42 Å². The van der Waals surface area contributed by atoms with Crippen molar-refractivity contribution in [2.75, 3.05) is 0 Å². The van der Waals surface area contributed by atoms with E-state index >= 15 is 0 Å². The van der Waals surface area contributed by atoms with Gasteiger partial charge >= 0.3 is 0 Å². The van der Waals surface area contributed by atoms with E-state index in [1.54, 1.807) is 0 Å². The molecule has 0 N–H and O–H groups in total. The zero-order valence-corrected chi connectivity index (χ0v) is 33.2. The Balaban J connectivity index is 1.16. The first kappa shape index (κ1) is 31.5. The molecule has 0 saturated heterocycles. The van der Waals surface area contributed by atoms with Crippen LogP contribution < -0.4 is 0 Å². The van der Waals surface area contributed by atoms with Crippen LogP contribution in [0.5, 0.6) is 0 Å². The fourth-order valence-corrected chi connectivity index (χ4v) is 8.61. The fourth-order valence-electron chi connectivity index (χ4n) is 8.61. The number of aromatic nitrogens is 4. The predicted molar refractivity (Wildman–Crippen MR) is 254 cm³/mol. The number of rotatable bonds is 7. The van der Waals surface area contributed by atoms with Crippen LogP contribution in [0.4, 0.5) is 0 Å². The highest BCUT2D eigenvalue weighted by molar-refractivity contribution is 6.14. The van der Waals surface area contributed by atoms with Crippen LogP contribution >= 0.6 is 0 Å². The maximum absolute atomic E-state index is 9.51. The molecule has 0 amide bonds. The summed E-state index contributed by atoms with van der Waals surface area (Å²) in [6, 6.07) is 64.1. The molecule has 290 valence electrons. The van der Waals surface area contributed by atoms with E-state index in [0.29, 0.717) is 39.1 Å². The third-order valence-electron chi connectivity index (χ3n) is 11.6. The van der Waals surface area contributed by atoms with Crippen LogP contribution in [0, 0.1) is 0 Å². The second kappa shape index (κ2) is 14.7. The SMILES string of the molecule is [2H]c1c([2H])c([2H])c2c(c1[2H])c1cccc(-c3cc(-c4ccccc4)cc(-c4ccccc4)c3)c1n2-c1nc(-c2ccc(-c3ccccc3)cc2)nc(-c2ccc3c(c2)oc2ccccc23)n1. The molecular weight excluding hydrogens is 757 g/mol. The van der Waals surface area contributed by atoms with E-state index in [0.717, 1.165) is 66.4 Å². The zero-order chi connectivity index (χ0) is 44.5. The van der Waals surface area contributed by atoms with Gasteiger partial charge in [0.25, 0.3) is 0 Å². The minimum absolute atomic E-state index is 0.142. The van der Waals surface area contributed by atoms with Gasteiger partial charge in [-0.2, -0.15) is 9.97 Å². The predicted octanol–water partition coefficient (Wildman–Crippen LogP) is 14.9. The summed E-state index contributed by atoms with van der Waals surface area (Å²) in [4.78, 5) is 15.6. The Labute approximate surface area is 363 Å². The summed E-state index contributed by atoms with van der Waals surface area (Å²) in [6.07, 6.45) is 0. The molecule has 0 aliphatic rings. The van der Waals surface area contributed by atoms with Crippen LogP contribution in [0.2, 0.25) is 0 Å². The lowest BCUT2D eigenvalue weighted by atomic mass is 9.92. The standard InChI is InChI=1S/C57H36N4O/c1-4-15-37(16-5-1)40-27-29-41(30-28-40)55-58-56(42-31-32-49-48-22-11-13-26-52(48)62-53(49)36-42)60-57(59-55)61-51-25-12-10-21-47(51)50-24-14-23-46(54(50)61)45-34-43(38-17-6-2-7-18-38)33-44(35-45)39-19-8-3-9-20-39/h1-36H/i10D,12D,21D,25D. The van der Waals surface area contributed by atoms with E-state index in [2.05, 4.69) is 54.6 Å². The lowest BCUT2D eigenvalue weighted by Gasteiger charge is -2.15. The molecule has 0 radical (unpaired) electrons. The van der Waals surface area contributed by atoms with Crippen LogP contribution in [-0.2, 0) is 0 Å². The van der Waals surface area contributed by atoms with Crippen molar-refractivity contribution in [3.63, 3.8) is 0 Å². The van der Waals surface area contributed by atoms with Crippen LogP contribution in [0.1, 0.15) is 5.48 Å². The van der Waals surface area contributed by atoms with Crippen molar-refractivity contribution in [3.05, 3.63) is 218 Å². The monoisotopic (exact) mass is 796 g/mol. The summed E-state index contributed by atoms with van der Waals surface area (Å²) in [6.45, 7) is 0. The van der Waals surface area contributed by atoms with Gasteiger partial charge in [-0.3, -0.25) is 4.57 Å². The van der Waals surface area contributed by atoms with Crippen LogP contribution in [0.3, 0.4) is 0 Å². The van der Waals surface area contributed by atoms with Crippen LogP contribution in [0.25, 0.3) is 117 Å². The molecule has 0 atom stereocenters. The highest BCUT2D eigenvalue weighted by Crippen LogP contribution is 2.41. The van der Waals surface area contributed by atoms with Crippen molar-refractivity contribution >= 4 is 43.7 Å². The van der Waals surface area contributed by atoms with Gasteiger partial charge in [0.2, 0.25) is 5.95 Å². The molecule has 0 fully saturated rings. The van der Waals surface area contributed by atoms with Gasteiger partial charge in [0.05, 0.1) is 16.5 Å². The van der Waals surface area contributed by atoms with Crippen LogP contribution in [-0.4, -0.2) is 19.5 Å². The number of fused-ring (bicyclic) bond motifs is 6. The van der Waals surface area contributed by atoms with E-state index in [4.69, 9.17) is 22.1 Å². The molecule has 62 heavy (non-hydrogen) atoms. The van der Waals surface area contributed by atoms with Crippen molar-refractivity contribution in [2.45, 2.75) is 0 Å². The Morgan fingerprint density at radius 3 is 1.61 bits per heavy atom. The third kappa shape index (κ3) is 6.14. The summed E-state index contributed by atoms with van der Waals surface area (Å²) < 4.78 is 44.8. The average Bonchev–Trinajstić information content (AvgIpc) is 3.94. The smallest absolute Gasteiger partial charge is 0.238 e. The van der Waals surface area contributed by atoms with Gasteiger partial charge in [0.15, 0.2) is 11.6 Å². The zero-order valence-electron chi connectivity index (χ0n) is 37.2. The van der Waals surface area contributed by atoms with Gasteiger partial charge in [-0.05, 0) is 81.4 Å². The highest BCUT2D eigenvalue weighted by Gasteiger charge is 2.22. The van der Waals surface area contributed by atoms with Crippen LogP contribution in [0.15, 0.2) is 223 Å². The number of hydrogen-bond donors (Lipinski definition) is 0. The highest BCUT2D eigenvalue weighted by atomic mass is 16.3. The molecule has 0 bridgehead atoms. The molecule has 9 aromatic carbocycles. The summed E-state index contributed by atoms with van der Waals surface area (Å²) >= 11 is 0. The van der Waals surface area contributed by atoms with Crippen molar-refractivity contribution in [2.24, 2.45) is 0 Å². The normalized spacial score (nSPS) is 12.5. The molecule has 12 rings (SSSR count). The van der Waals surface area contributed by atoms with E-state index in [-0.39, 0.29) is 35.6 Å². The van der Waals surface area contributed by atoms with Gasteiger partial charge in [0.1, 0.15) is 11.2 Å². The van der Waals surface area contributed by atoms with E-state index < -0.39 is 0 Å². The molecule has 0 aliphatic heterocycles. The Morgan fingerprint density at radius 1 is 0.371 bits per heavy atom. The fraction of sp³-hybridized carbons (Fsp3) is 0. The van der Waals surface area contributed by atoms with Crippen molar-refractivity contribution < 1.29 is 9.90 Å². The quantitative estimate of drug-likeness (QED) is 0.161. The second-order valence-corrected chi connectivity index (χ2v) is 15.3. The molecule has 5 nitrogen and oxygen atoms in total. The molecular formula is C57H36N4O. The summed E-state index contributed by atoms with van der Waals surface area (Å²) in [7, 11) is 0. The van der Waals surface area contributed by atoms with E-state index in [1.165, 1.54) is 0 Å². The van der Waals surface area contributed by atoms with Crippen molar-refractivity contribution in [1.29, 1.82) is 0 Å². The maximum atomic E-state index is 9.51. The first-order chi connectivity index (χ1) is 32.4. The Kier molecular flexibility index (Phi) is 7.47. The lowest BCUT2D eigenvalue weighted by molar-refractivity contribution is 0.669. The Bertz CT molecular complexity index is 3790. The largest absolute Gasteiger partial charge is 0.456 e. The summed E-state index contributed by atoms with van der Waals surface area (Å²) in [5, 5.41) is 2.99. The minimum atomic E-state index is -0.350. The lowest BCUT2D eigenvalue weighted by Crippen LogP contribution is -2.07. The van der Waals surface area contributed by atoms with Crippen molar-refractivity contribution in [3.8, 4) is 73.2 Å². The number of para-hydroxylation sites is 3. The van der Waals surface area contributed by atoms with Gasteiger partial charge in [-0.1, -0.05) is 176 Å². The molecule has 3 heterocycles. The molecule has 3 aromatic heterocycles. The van der Waals surface area contributed by atoms with Crippen molar-refractivity contribution in [1.82, 2.24) is 19.5 Å². The van der Waals surface area contributed by atoms with E-state index in [9.17, 15) is 2.74 Å². The van der Waals surface area contributed by atoms with Gasteiger partial charge in [0, 0.05) is 38.2 Å². The maximum Gasteiger partial charge on any atom is 0.238 e. The topological polar surface area (TPSA) is 56.7 Å². The molecule has 0 spiro atoms. The Morgan fingerprint density at radius 2 is 0.903 bits per heavy atom. The number of nitrogens with zero attached hydrogens (tertiary/aromatic N) is 4. The first-order valence-corrected chi connectivity index (χ1v) is 20.5. The third-order valence-corrected chi connectivity index (χ3v) is 11.6. The average molecular weight is 797 g/mol. The number of furan rings is 1. The van der Waals surface area contributed by atoms with E-state index in [1.807, 2.05) is 144 Å².